The van der Waals surface area contributed by atoms with Gasteiger partial charge in [0.25, 0.3) is 0 Å². The van der Waals surface area contributed by atoms with Gasteiger partial charge in [-0.05, 0) is 42.0 Å². The van der Waals surface area contributed by atoms with Crippen molar-refractivity contribution in [1.29, 1.82) is 0 Å². The van der Waals surface area contributed by atoms with Crippen LogP contribution in [0.2, 0.25) is 5.02 Å². The van der Waals surface area contributed by atoms with Gasteiger partial charge in [-0.3, -0.25) is 9.59 Å². The molecule has 1 aliphatic heterocycles. The maximum Gasteiger partial charge on any atom is 0.416 e. The zero-order valence-corrected chi connectivity index (χ0v) is 16.2. The van der Waals surface area contributed by atoms with Crippen LogP contribution in [0.3, 0.4) is 0 Å². The van der Waals surface area contributed by atoms with Crippen LogP contribution in [-0.2, 0) is 15.8 Å². The second-order valence-corrected chi connectivity index (χ2v) is 6.94. The summed E-state index contributed by atoms with van der Waals surface area (Å²) in [5.74, 6) is -0.768. The van der Waals surface area contributed by atoms with Crippen molar-refractivity contribution < 1.29 is 22.8 Å². The molecule has 0 aliphatic carbocycles. The number of benzene rings is 2. The molecule has 5 nitrogen and oxygen atoms in total. The van der Waals surface area contributed by atoms with Crippen molar-refractivity contribution >= 4 is 34.8 Å². The summed E-state index contributed by atoms with van der Waals surface area (Å²) in [6.45, 7) is -0.312. The van der Waals surface area contributed by atoms with Crippen LogP contribution in [-0.4, -0.2) is 36.1 Å². The van der Waals surface area contributed by atoms with E-state index in [1.54, 1.807) is 24.3 Å². The van der Waals surface area contributed by atoms with Gasteiger partial charge in [0, 0.05) is 30.6 Å². The van der Waals surface area contributed by atoms with Crippen molar-refractivity contribution in [1.82, 2.24) is 5.01 Å². The monoisotopic (exact) mass is 423 g/mol. The molecule has 2 amide bonds. The Morgan fingerprint density at radius 1 is 1.10 bits per heavy atom. The van der Waals surface area contributed by atoms with Crippen molar-refractivity contribution in [3.8, 4) is 0 Å². The Morgan fingerprint density at radius 2 is 1.72 bits per heavy atom. The van der Waals surface area contributed by atoms with Gasteiger partial charge in [0.2, 0.25) is 11.8 Å². The van der Waals surface area contributed by atoms with Gasteiger partial charge in [0.05, 0.1) is 11.3 Å². The third-order valence-corrected chi connectivity index (χ3v) is 4.78. The maximum atomic E-state index is 12.7. The Bertz CT molecular complexity index is 941. The predicted molar refractivity (Wildman–Crippen MR) is 104 cm³/mol. The Hall–Kier alpha value is -2.87. The molecule has 0 saturated heterocycles. The molecule has 2 aromatic carbocycles. The Kier molecular flexibility index (Phi) is 5.93. The quantitative estimate of drug-likeness (QED) is 0.734. The minimum Gasteiger partial charge on any atom is -0.314 e. The Balaban J connectivity index is 1.73. The van der Waals surface area contributed by atoms with Crippen LogP contribution < -0.4 is 4.90 Å². The highest BCUT2D eigenvalue weighted by atomic mass is 35.5. The van der Waals surface area contributed by atoms with Gasteiger partial charge >= 0.3 is 6.18 Å². The molecule has 3 rings (SSSR count). The van der Waals surface area contributed by atoms with Gasteiger partial charge in [0.15, 0.2) is 0 Å². The summed E-state index contributed by atoms with van der Waals surface area (Å²) in [7, 11) is 1.43. The minimum atomic E-state index is -4.45. The highest BCUT2D eigenvalue weighted by molar-refractivity contribution is 6.30. The van der Waals surface area contributed by atoms with E-state index >= 15 is 0 Å². The van der Waals surface area contributed by atoms with Crippen LogP contribution in [0, 0.1) is 0 Å². The van der Waals surface area contributed by atoms with Crippen LogP contribution in [0.4, 0.5) is 18.9 Å². The van der Waals surface area contributed by atoms with E-state index in [0.29, 0.717) is 17.2 Å². The van der Waals surface area contributed by atoms with Crippen molar-refractivity contribution in [2.24, 2.45) is 5.10 Å². The molecule has 0 radical (unpaired) electrons. The second-order valence-electron chi connectivity index (χ2n) is 6.50. The SMILES string of the molecule is CN(C(=O)CN1N=C(c2ccc(Cl)cc2)CCC1=O)c1ccc(C(F)(F)F)cc1. The van der Waals surface area contributed by atoms with Crippen LogP contribution >= 0.6 is 11.6 Å². The third-order valence-electron chi connectivity index (χ3n) is 4.52. The first-order chi connectivity index (χ1) is 13.6. The van der Waals surface area contributed by atoms with Gasteiger partial charge in [-0.25, -0.2) is 5.01 Å². The summed E-state index contributed by atoms with van der Waals surface area (Å²) in [5.41, 5.74) is 0.946. The van der Waals surface area contributed by atoms with Gasteiger partial charge in [0.1, 0.15) is 6.54 Å². The number of carbonyl (C=O) groups is 2. The van der Waals surface area contributed by atoms with Crippen LogP contribution in [0.15, 0.2) is 53.6 Å². The molecule has 2 aromatic rings. The smallest absolute Gasteiger partial charge is 0.314 e. The first-order valence-corrected chi connectivity index (χ1v) is 9.10. The lowest BCUT2D eigenvalue weighted by Gasteiger charge is -2.26. The minimum absolute atomic E-state index is 0.207. The number of carbonyl (C=O) groups excluding carboxylic acids is 2. The van der Waals surface area contributed by atoms with Crippen LogP contribution in [0.25, 0.3) is 0 Å². The number of rotatable bonds is 4. The van der Waals surface area contributed by atoms with Crippen LogP contribution in [0.5, 0.6) is 0 Å². The first kappa shape index (κ1) is 20.9. The van der Waals surface area contributed by atoms with E-state index in [-0.39, 0.29) is 24.6 Å². The van der Waals surface area contributed by atoms with Gasteiger partial charge in [-0.2, -0.15) is 18.3 Å². The molecule has 0 N–H and O–H groups in total. The standard InChI is InChI=1S/C20H17ClF3N3O2/c1-26(16-8-4-14(5-9-16)20(22,23)24)19(29)12-27-18(28)11-10-17(25-27)13-2-6-15(21)7-3-13/h2-9H,10-12H2,1H3. The zero-order valence-electron chi connectivity index (χ0n) is 15.4. The van der Waals surface area contributed by atoms with E-state index in [2.05, 4.69) is 5.10 Å². The van der Waals surface area contributed by atoms with Gasteiger partial charge in [-0.1, -0.05) is 23.7 Å². The Labute approximate surface area is 170 Å². The molecule has 9 heteroatoms. The number of hydrazone groups is 1. The molecule has 0 unspecified atom stereocenters. The molecule has 0 bridgehead atoms. The predicted octanol–water partition coefficient (Wildman–Crippen LogP) is 4.35. The summed E-state index contributed by atoms with van der Waals surface area (Å²) in [6, 6.07) is 11.2. The molecule has 0 spiro atoms. The summed E-state index contributed by atoms with van der Waals surface area (Å²) in [6.07, 6.45) is -3.80. The summed E-state index contributed by atoms with van der Waals surface area (Å²) in [4.78, 5) is 25.9. The summed E-state index contributed by atoms with van der Waals surface area (Å²) in [5, 5.41) is 5.96. The molecule has 0 aromatic heterocycles. The van der Waals surface area contributed by atoms with E-state index in [1.807, 2.05) is 0 Å². The van der Waals surface area contributed by atoms with Crippen molar-refractivity contribution in [3.63, 3.8) is 0 Å². The fourth-order valence-corrected chi connectivity index (χ4v) is 2.95. The molecule has 29 heavy (non-hydrogen) atoms. The van der Waals surface area contributed by atoms with E-state index < -0.39 is 17.6 Å². The van der Waals surface area contributed by atoms with Gasteiger partial charge in [-0.15, -0.1) is 0 Å². The lowest BCUT2D eigenvalue weighted by atomic mass is 10.0. The van der Waals surface area contributed by atoms with Crippen molar-refractivity contribution in [2.45, 2.75) is 19.0 Å². The molecule has 152 valence electrons. The fourth-order valence-electron chi connectivity index (χ4n) is 2.83. The number of amides is 2. The average Bonchev–Trinajstić information content (AvgIpc) is 2.69. The summed E-state index contributed by atoms with van der Waals surface area (Å²) >= 11 is 5.88. The normalized spacial score (nSPS) is 14.6. The number of anilines is 1. The number of hydrogen-bond acceptors (Lipinski definition) is 3. The lowest BCUT2D eigenvalue weighted by molar-refractivity contribution is -0.137. The lowest BCUT2D eigenvalue weighted by Crippen LogP contribution is -2.41. The molecule has 0 atom stereocenters. The molecular weight excluding hydrogens is 407 g/mol. The number of nitrogens with zero attached hydrogens (tertiary/aromatic N) is 3. The summed E-state index contributed by atoms with van der Waals surface area (Å²) < 4.78 is 38.0. The molecular formula is C20H17ClF3N3O2. The highest BCUT2D eigenvalue weighted by Gasteiger charge is 2.30. The zero-order chi connectivity index (χ0) is 21.2. The number of halogens is 4. The van der Waals surface area contributed by atoms with E-state index in [4.69, 9.17) is 11.6 Å². The highest BCUT2D eigenvalue weighted by Crippen LogP contribution is 2.30. The molecule has 0 saturated carbocycles. The Morgan fingerprint density at radius 3 is 2.31 bits per heavy atom. The molecule has 0 fully saturated rings. The van der Waals surface area contributed by atoms with Crippen molar-refractivity contribution in [3.05, 3.63) is 64.7 Å². The molecule has 1 aliphatic rings. The second kappa shape index (κ2) is 8.24. The number of alkyl halides is 3. The van der Waals surface area contributed by atoms with Gasteiger partial charge < -0.3 is 4.90 Å². The van der Waals surface area contributed by atoms with Crippen LogP contribution in [0.1, 0.15) is 24.0 Å². The van der Waals surface area contributed by atoms with E-state index in [1.165, 1.54) is 24.1 Å². The van der Waals surface area contributed by atoms with Crippen molar-refractivity contribution in [2.75, 3.05) is 18.5 Å². The number of likely N-dealkylation sites (N-methyl/N-ethyl adjacent to an activating group) is 1. The topological polar surface area (TPSA) is 53.0 Å². The third kappa shape index (κ3) is 4.95. The number of hydrogen-bond donors (Lipinski definition) is 0. The molecule has 1 heterocycles. The average molecular weight is 424 g/mol. The van der Waals surface area contributed by atoms with E-state index in [9.17, 15) is 22.8 Å². The first-order valence-electron chi connectivity index (χ1n) is 8.73. The fraction of sp³-hybridized carbons (Fsp3) is 0.250. The maximum absolute atomic E-state index is 12.7. The largest absolute Gasteiger partial charge is 0.416 e. The van der Waals surface area contributed by atoms with E-state index in [0.717, 1.165) is 22.7 Å².